The maximum Gasteiger partial charge on any atom is 0.358 e. The fraction of sp³-hybridized carbons (Fsp3) is 0.250. The highest BCUT2D eigenvalue weighted by molar-refractivity contribution is 5.87. The van der Waals surface area contributed by atoms with E-state index in [0.29, 0.717) is 6.54 Å². The van der Waals surface area contributed by atoms with Crippen LogP contribution in [0.4, 0.5) is 0 Å². The topological polar surface area (TPSA) is 55.5 Å². The molecule has 0 unspecified atom stereocenters. The highest BCUT2D eigenvalue weighted by Gasteiger charge is 2.09. The first-order chi connectivity index (χ1) is 3.80. The molecule has 4 heteroatoms. The second kappa shape index (κ2) is 1.73. The van der Waals surface area contributed by atoms with Crippen molar-refractivity contribution in [3.63, 3.8) is 0 Å². The van der Waals surface area contributed by atoms with Crippen LogP contribution in [0.15, 0.2) is 17.1 Å². The molecule has 0 aromatic rings. The molecule has 0 aromatic carbocycles. The predicted octanol–water partition coefficient (Wildman–Crippen LogP) is 0.231. The lowest BCUT2D eigenvalue weighted by Gasteiger charge is -1.84. The summed E-state index contributed by atoms with van der Waals surface area (Å²) in [5.41, 5.74) is 0. The van der Waals surface area contributed by atoms with E-state index < -0.39 is 4.92 Å². The number of aliphatic imine (C=N–C) groups is 1. The molecule has 42 valence electrons. The number of amidine groups is 1. The molecule has 0 aromatic heterocycles. The van der Waals surface area contributed by atoms with Gasteiger partial charge in [-0.3, -0.25) is 0 Å². The second-order valence-electron chi connectivity index (χ2n) is 1.36. The first kappa shape index (κ1) is 4.96. The maximum atomic E-state index is 9.83. The van der Waals surface area contributed by atoms with Crippen molar-refractivity contribution in [2.24, 2.45) is 4.99 Å². The first-order valence-electron chi connectivity index (χ1n) is 2.16. The van der Waals surface area contributed by atoms with Crippen molar-refractivity contribution < 1.29 is 4.92 Å². The van der Waals surface area contributed by atoms with Crippen LogP contribution in [-0.4, -0.2) is 17.3 Å². The van der Waals surface area contributed by atoms with Gasteiger partial charge in [0.1, 0.15) is 6.54 Å². The van der Waals surface area contributed by atoms with Crippen molar-refractivity contribution in [2.75, 3.05) is 6.54 Å². The smallest absolute Gasteiger partial charge is 0.358 e. The van der Waals surface area contributed by atoms with Crippen molar-refractivity contribution in [3.8, 4) is 0 Å². The third-order valence-corrected chi connectivity index (χ3v) is 0.813. The van der Waals surface area contributed by atoms with Crippen LogP contribution >= 0.6 is 0 Å². The summed E-state index contributed by atoms with van der Waals surface area (Å²) >= 11 is 0. The zero-order chi connectivity index (χ0) is 5.98. The molecular weight excluding hydrogens is 108 g/mol. The number of nitro groups is 1. The molecule has 0 bridgehead atoms. The van der Waals surface area contributed by atoms with E-state index in [4.69, 9.17) is 0 Å². The molecule has 4 nitrogen and oxygen atoms in total. The van der Waals surface area contributed by atoms with Crippen LogP contribution in [-0.2, 0) is 0 Å². The Bertz CT molecular complexity index is 171. The summed E-state index contributed by atoms with van der Waals surface area (Å²) in [6.45, 7) is 0.455. The van der Waals surface area contributed by atoms with Crippen LogP contribution in [0, 0.1) is 10.1 Å². The summed E-state index contributed by atoms with van der Waals surface area (Å²) in [5.74, 6) is -0.0370. The van der Waals surface area contributed by atoms with Crippen molar-refractivity contribution in [1.29, 1.82) is 0 Å². The molecule has 1 aliphatic rings. The highest BCUT2D eigenvalue weighted by atomic mass is 16.6. The summed E-state index contributed by atoms with van der Waals surface area (Å²) in [5, 5.41) is 9.83. The number of hydrogen-bond donors (Lipinski definition) is 0. The van der Waals surface area contributed by atoms with E-state index in [1.165, 1.54) is 6.08 Å². The molecule has 0 atom stereocenters. The van der Waals surface area contributed by atoms with Gasteiger partial charge in [0.25, 0.3) is 0 Å². The van der Waals surface area contributed by atoms with Gasteiger partial charge >= 0.3 is 5.84 Å². The zero-order valence-electron chi connectivity index (χ0n) is 4.07. The van der Waals surface area contributed by atoms with E-state index in [2.05, 4.69) is 4.99 Å². The fourth-order valence-corrected chi connectivity index (χ4v) is 0.476. The van der Waals surface area contributed by atoms with Crippen LogP contribution < -0.4 is 0 Å². The standard InChI is InChI=1S/C4H4N2O2/c7-6(8)4-2-1-3-5-4/h1-2H,3H2. The molecule has 0 saturated heterocycles. The van der Waals surface area contributed by atoms with Crippen LogP contribution in [0.1, 0.15) is 0 Å². The van der Waals surface area contributed by atoms with Gasteiger partial charge in [0.2, 0.25) is 0 Å². The summed E-state index contributed by atoms with van der Waals surface area (Å²) < 4.78 is 0. The van der Waals surface area contributed by atoms with Crippen LogP contribution in [0.25, 0.3) is 0 Å². The van der Waals surface area contributed by atoms with Gasteiger partial charge < -0.3 is 10.1 Å². The highest BCUT2D eigenvalue weighted by Crippen LogP contribution is 1.92. The lowest BCUT2D eigenvalue weighted by Crippen LogP contribution is -2.05. The molecule has 0 aliphatic carbocycles. The molecule has 1 aliphatic heterocycles. The Labute approximate surface area is 45.7 Å². The molecule has 0 spiro atoms. The van der Waals surface area contributed by atoms with Gasteiger partial charge in [0.15, 0.2) is 0 Å². The SMILES string of the molecule is O=[N+]([O-])C1=NCC=C1. The molecular formula is C4H4N2O2. The summed E-state index contributed by atoms with van der Waals surface area (Å²) in [6, 6.07) is 0. The number of rotatable bonds is 0. The molecule has 8 heavy (non-hydrogen) atoms. The summed E-state index contributed by atoms with van der Waals surface area (Å²) in [6.07, 6.45) is 3.05. The van der Waals surface area contributed by atoms with Gasteiger partial charge in [-0.05, 0) is 11.0 Å². The molecule has 0 N–H and O–H groups in total. The van der Waals surface area contributed by atoms with Crippen molar-refractivity contribution in [3.05, 3.63) is 22.3 Å². The molecule has 1 rings (SSSR count). The van der Waals surface area contributed by atoms with Crippen molar-refractivity contribution in [2.45, 2.75) is 0 Å². The Balaban J connectivity index is 2.72. The minimum atomic E-state index is -0.497. The third-order valence-electron chi connectivity index (χ3n) is 0.813. The second-order valence-corrected chi connectivity index (χ2v) is 1.36. The Hall–Kier alpha value is -1.19. The van der Waals surface area contributed by atoms with Gasteiger partial charge in [-0.2, -0.15) is 0 Å². The lowest BCUT2D eigenvalue weighted by molar-refractivity contribution is -0.348. The predicted molar refractivity (Wildman–Crippen MR) is 28.4 cm³/mol. The maximum absolute atomic E-state index is 9.83. The third kappa shape index (κ3) is 0.726. The summed E-state index contributed by atoms with van der Waals surface area (Å²) in [7, 11) is 0. The molecule has 1 heterocycles. The van der Waals surface area contributed by atoms with Crippen LogP contribution in [0.2, 0.25) is 0 Å². The zero-order valence-corrected chi connectivity index (χ0v) is 4.07. The minimum absolute atomic E-state index is 0.0370. The first-order valence-corrected chi connectivity index (χ1v) is 2.16. The largest absolute Gasteiger partial charge is 0.358 e. The average Bonchev–Trinajstić information content (AvgIpc) is 2.12. The quantitative estimate of drug-likeness (QED) is 0.332. The van der Waals surface area contributed by atoms with Crippen molar-refractivity contribution >= 4 is 5.84 Å². The molecule has 0 radical (unpaired) electrons. The van der Waals surface area contributed by atoms with Crippen LogP contribution in [0.3, 0.4) is 0 Å². The average molecular weight is 112 g/mol. The normalized spacial score (nSPS) is 16.2. The Morgan fingerprint density at radius 2 is 2.62 bits per heavy atom. The van der Waals surface area contributed by atoms with E-state index in [0.717, 1.165) is 0 Å². The number of hydrogen-bond acceptors (Lipinski definition) is 3. The Morgan fingerprint density at radius 1 is 1.88 bits per heavy atom. The van der Waals surface area contributed by atoms with Gasteiger partial charge in [-0.25, -0.2) is 0 Å². The van der Waals surface area contributed by atoms with Gasteiger partial charge in [-0.15, -0.1) is 0 Å². The van der Waals surface area contributed by atoms with Crippen molar-refractivity contribution in [1.82, 2.24) is 0 Å². The van der Waals surface area contributed by atoms with E-state index in [1.807, 2.05) is 0 Å². The van der Waals surface area contributed by atoms with E-state index in [1.54, 1.807) is 6.08 Å². The van der Waals surface area contributed by atoms with Gasteiger partial charge in [0.05, 0.1) is 0 Å². The monoisotopic (exact) mass is 112 g/mol. The minimum Gasteiger partial charge on any atom is -0.358 e. The molecule has 0 amide bonds. The summed E-state index contributed by atoms with van der Waals surface area (Å²) in [4.78, 5) is 12.9. The number of nitrogens with zero attached hydrogens (tertiary/aromatic N) is 2. The van der Waals surface area contributed by atoms with Gasteiger partial charge in [-0.1, -0.05) is 4.99 Å². The fourth-order valence-electron chi connectivity index (χ4n) is 0.476. The van der Waals surface area contributed by atoms with E-state index in [-0.39, 0.29) is 5.84 Å². The molecule has 0 fully saturated rings. The van der Waals surface area contributed by atoms with Gasteiger partial charge in [0, 0.05) is 6.08 Å². The van der Waals surface area contributed by atoms with E-state index >= 15 is 0 Å². The lowest BCUT2D eigenvalue weighted by atomic mass is 10.5. The van der Waals surface area contributed by atoms with E-state index in [9.17, 15) is 10.1 Å². The Morgan fingerprint density at radius 3 is 2.88 bits per heavy atom. The van der Waals surface area contributed by atoms with Crippen LogP contribution in [0.5, 0.6) is 0 Å². The Kier molecular flexibility index (Phi) is 1.07. The molecule has 0 saturated carbocycles.